The molecule has 0 saturated carbocycles. The van der Waals surface area contributed by atoms with Crippen LogP contribution in [0.4, 0.5) is 5.82 Å². The second-order valence-electron chi connectivity index (χ2n) is 4.83. The van der Waals surface area contributed by atoms with Gasteiger partial charge in [-0.05, 0) is 18.1 Å². The number of nitrogens with zero attached hydrogens (tertiary/aromatic N) is 3. The highest BCUT2D eigenvalue weighted by Gasteiger charge is 2.40. The molecular formula is C15H12Cl2N4. The Kier molecular flexibility index (Phi) is 3.71. The summed E-state index contributed by atoms with van der Waals surface area (Å²) in [5, 5.41) is 7.92. The number of rotatable bonds is 2. The molecule has 2 atom stereocenters. The third-order valence-electron chi connectivity index (χ3n) is 3.71. The summed E-state index contributed by atoms with van der Waals surface area (Å²) in [6.45, 7) is 9.56. The van der Waals surface area contributed by atoms with Crippen molar-refractivity contribution in [2.45, 2.75) is 25.3 Å². The van der Waals surface area contributed by atoms with E-state index in [9.17, 15) is 0 Å². The lowest BCUT2D eigenvalue weighted by Crippen LogP contribution is -2.28. The van der Waals surface area contributed by atoms with Gasteiger partial charge in [0.15, 0.2) is 5.82 Å². The van der Waals surface area contributed by atoms with Gasteiger partial charge in [0.2, 0.25) is 0 Å². The van der Waals surface area contributed by atoms with Crippen molar-refractivity contribution in [1.82, 2.24) is 10.2 Å². The van der Waals surface area contributed by atoms with E-state index >= 15 is 0 Å². The van der Waals surface area contributed by atoms with E-state index < -0.39 is 0 Å². The molecule has 0 radical (unpaired) electrons. The standard InChI is InChI=1S/C15H12Cl2N4/c1-3-11-14(18-2)12(9-7-19-21-15(9)20-11)8-5-4-6-10(16)13(8)17/h4-7,12,14H,3H2,1H3,(H,19,21). The molecule has 0 fully saturated rings. The molecule has 0 saturated heterocycles. The summed E-state index contributed by atoms with van der Waals surface area (Å²) < 4.78 is 0. The van der Waals surface area contributed by atoms with Gasteiger partial charge in [0.1, 0.15) is 5.71 Å². The van der Waals surface area contributed by atoms with Gasteiger partial charge in [0, 0.05) is 5.56 Å². The highest BCUT2D eigenvalue weighted by molar-refractivity contribution is 6.42. The van der Waals surface area contributed by atoms with Crippen molar-refractivity contribution in [3.05, 3.63) is 57.0 Å². The van der Waals surface area contributed by atoms with Gasteiger partial charge >= 0.3 is 0 Å². The van der Waals surface area contributed by atoms with Crippen molar-refractivity contribution in [2.75, 3.05) is 0 Å². The second kappa shape index (κ2) is 5.51. The van der Waals surface area contributed by atoms with Crippen LogP contribution in [0, 0.1) is 6.57 Å². The number of benzene rings is 1. The Morgan fingerprint density at radius 1 is 1.33 bits per heavy atom. The molecule has 6 heteroatoms. The number of hydrogen-bond donors (Lipinski definition) is 1. The summed E-state index contributed by atoms with van der Waals surface area (Å²) in [6.07, 6.45) is 2.42. The molecule has 1 aromatic carbocycles. The SMILES string of the molecule is [C-]#[N+]C1C(CC)=Nc2[nH]ncc2C1c1cccc(Cl)c1Cl. The van der Waals surface area contributed by atoms with Gasteiger partial charge in [-0.25, -0.2) is 11.6 Å². The van der Waals surface area contributed by atoms with Crippen LogP contribution in [0.1, 0.15) is 30.4 Å². The van der Waals surface area contributed by atoms with E-state index in [0.717, 1.165) is 16.8 Å². The molecule has 0 bridgehead atoms. The molecule has 2 aromatic rings. The monoisotopic (exact) mass is 318 g/mol. The fourth-order valence-electron chi connectivity index (χ4n) is 2.71. The Morgan fingerprint density at radius 3 is 2.86 bits per heavy atom. The summed E-state index contributed by atoms with van der Waals surface area (Å²) >= 11 is 12.5. The molecule has 0 spiro atoms. The molecule has 106 valence electrons. The zero-order valence-electron chi connectivity index (χ0n) is 11.3. The van der Waals surface area contributed by atoms with Crippen LogP contribution in [0.5, 0.6) is 0 Å². The number of aliphatic imine (C=N–C) groups is 1. The Bertz CT molecular complexity index is 757. The second-order valence-corrected chi connectivity index (χ2v) is 5.61. The molecule has 0 aliphatic carbocycles. The molecule has 2 heterocycles. The van der Waals surface area contributed by atoms with Crippen molar-refractivity contribution in [3.63, 3.8) is 0 Å². The van der Waals surface area contributed by atoms with E-state index in [-0.39, 0.29) is 12.0 Å². The van der Waals surface area contributed by atoms with Crippen molar-refractivity contribution in [2.24, 2.45) is 4.99 Å². The maximum atomic E-state index is 7.57. The predicted molar refractivity (Wildman–Crippen MR) is 84.7 cm³/mol. The zero-order valence-corrected chi connectivity index (χ0v) is 12.8. The van der Waals surface area contributed by atoms with Crippen LogP contribution in [-0.4, -0.2) is 22.0 Å². The maximum absolute atomic E-state index is 7.57. The number of aromatic nitrogens is 2. The van der Waals surface area contributed by atoms with Gasteiger partial charge in [-0.2, -0.15) is 5.10 Å². The molecular weight excluding hydrogens is 307 g/mol. The maximum Gasteiger partial charge on any atom is 0.272 e. The molecule has 1 aliphatic rings. The number of H-pyrrole nitrogens is 1. The summed E-state index contributed by atoms with van der Waals surface area (Å²) in [5.74, 6) is 0.502. The lowest BCUT2D eigenvalue weighted by atomic mass is 9.81. The molecule has 0 amide bonds. The van der Waals surface area contributed by atoms with Crippen LogP contribution in [0.15, 0.2) is 29.4 Å². The minimum atomic E-state index is -0.379. The summed E-state index contributed by atoms with van der Waals surface area (Å²) in [6, 6.07) is 5.12. The number of aromatic amines is 1. The molecule has 1 N–H and O–H groups in total. The molecule has 2 unspecified atom stereocenters. The van der Waals surface area contributed by atoms with Gasteiger partial charge in [-0.15, -0.1) is 0 Å². The first-order valence-corrected chi connectivity index (χ1v) is 7.34. The average Bonchev–Trinajstić information content (AvgIpc) is 2.96. The van der Waals surface area contributed by atoms with Gasteiger partial charge in [0.25, 0.3) is 6.04 Å². The first-order chi connectivity index (χ1) is 10.2. The topological polar surface area (TPSA) is 45.4 Å². The third kappa shape index (κ3) is 2.23. The van der Waals surface area contributed by atoms with Crippen molar-refractivity contribution in [1.29, 1.82) is 0 Å². The van der Waals surface area contributed by atoms with Crippen molar-refractivity contribution < 1.29 is 0 Å². The number of fused-ring (bicyclic) bond motifs is 1. The minimum absolute atomic E-state index is 0.199. The summed E-state index contributed by atoms with van der Waals surface area (Å²) in [5.41, 5.74) is 2.56. The lowest BCUT2D eigenvalue weighted by molar-refractivity contribution is 0.781. The fourth-order valence-corrected chi connectivity index (χ4v) is 3.14. The number of halogens is 2. The van der Waals surface area contributed by atoms with E-state index in [1.165, 1.54) is 0 Å². The molecule has 1 aromatic heterocycles. The van der Waals surface area contributed by atoms with Crippen LogP contribution < -0.4 is 0 Å². The van der Waals surface area contributed by atoms with Gasteiger partial charge in [-0.3, -0.25) is 5.10 Å². The quantitative estimate of drug-likeness (QED) is 0.806. The molecule has 4 nitrogen and oxygen atoms in total. The van der Waals surface area contributed by atoms with E-state index in [4.69, 9.17) is 29.8 Å². The minimum Gasteiger partial charge on any atom is -0.306 e. The van der Waals surface area contributed by atoms with Gasteiger partial charge in [0.05, 0.1) is 22.2 Å². The summed E-state index contributed by atoms with van der Waals surface area (Å²) in [7, 11) is 0. The van der Waals surface area contributed by atoms with E-state index in [2.05, 4.69) is 20.0 Å². The Hall–Kier alpha value is -1.83. The largest absolute Gasteiger partial charge is 0.306 e. The van der Waals surface area contributed by atoms with Crippen LogP contribution >= 0.6 is 23.2 Å². The van der Waals surface area contributed by atoms with Crippen LogP contribution in [-0.2, 0) is 0 Å². The first kappa shape index (κ1) is 14.1. The smallest absolute Gasteiger partial charge is 0.272 e. The summed E-state index contributed by atoms with van der Waals surface area (Å²) in [4.78, 5) is 8.30. The van der Waals surface area contributed by atoms with E-state index in [0.29, 0.717) is 22.3 Å². The predicted octanol–water partition coefficient (Wildman–Crippen LogP) is 4.63. The Morgan fingerprint density at radius 2 is 2.14 bits per heavy atom. The Labute approximate surface area is 132 Å². The Balaban J connectivity index is 2.23. The van der Waals surface area contributed by atoms with E-state index in [1.54, 1.807) is 12.3 Å². The first-order valence-electron chi connectivity index (χ1n) is 6.58. The molecule has 1 aliphatic heterocycles. The zero-order chi connectivity index (χ0) is 15.0. The van der Waals surface area contributed by atoms with Crippen LogP contribution in [0.25, 0.3) is 4.85 Å². The van der Waals surface area contributed by atoms with E-state index in [1.807, 2.05) is 19.1 Å². The lowest BCUT2D eigenvalue weighted by Gasteiger charge is -2.24. The fraction of sp³-hybridized carbons (Fsp3) is 0.267. The average molecular weight is 319 g/mol. The highest BCUT2D eigenvalue weighted by Crippen LogP contribution is 2.43. The molecule has 3 rings (SSSR count). The normalized spacial score (nSPS) is 20.6. The van der Waals surface area contributed by atoms with Gasteiger partial charge in [-0.1, -0.05) is 42.3 Å². The van der Waals surface area contributed by atoms with Crippen LogP contribution in [0.2, 0.25) is 10.0 Å². The van der Waals surface area contributed by atoms with Crippen molar-refractivity contribution >= 4 is 34.7 Å². The molecule has 21 heavy (non-hydrogen) atoms. The highest BCUT2D eigenvalue weighted by atomic mass is 35.5. The van der Waals surface area contributed by atoms with Crippen molar-refractivity contribution in [3.8, 4) is 0 Å². The van der Waals surface area contributed by atoms with Gasteiger partial charge < -0.3 is 4.85 Å². The third-order valence-corrected chi connectivity index (χ3v) is 4.55. The number of nitrogens with one attached hydrogen (secondary N) is 1. The number of hydrogen-bond acceptors (Lipinski definition) is 2. The van der Waals surface area contributed by atoms with Crippen LogP contribution in [0.3, 0.4) is 0 Å².